The molecule has 0 aliphatic heterocycles. The molecule has 0 atom stereocenters. The fourth-order valence-electron chi connectivity index (χ4n) is 1.42. The Morgan fingerprint density at radius 1 is 1.20 bits per heavy atom. The number of hydrogen-bond acceptors (Lipinski definition) is 2. The zero-order valence-corrected chi connectivity index (χ0v) is 6.51. The van der Waals surface area contributed by atoms with Gasteiger partial charge in [-0.2, -0.15) is 0 Å². The van der Waals surface area contributed by atoms with Gasteiger partial charge in [0.15, 0.2) is 0 Å². The standard InChI is InChI=1S/C7H15N.CH2O/c8-6-7-4-2-1-3-5-7;1-2/h7H,1-6,8H2;1H2. The van der Waals surface area contributed by atoms with Gasteiger partial charge >= 0.3 is 0 Å². The molecule has 2 N–H and O–H groups in total. The summed E-state index contributed by atoms with van der Waals surface area (Å²) in [4.78, 5) is 8.00. The van der Waals surface area contributed by atoms with E-state index in [9.17, 15) is 0 Å². The highest BCUT2D eigenvalue weighted by Crippen LogP contribution is 2.21. The van der Waals surface area contributed by atoms with Crippen molar-refractivity contribution in [3.8, 4) is 0 Å². The number of carbonyl (C=O) groups is 1. The summed E-state index contributed by atoms with van der Waals surface area (Å²) >= 11 is 0. The van der Waals surface area contributed by atoms with E-state index in [0.717, 1.165) is 12.5 Å². The molecule has 60 valence electrons. The van der Waals surface area contributed by atoms with E-state index >= 15 is 0 Å². The Labute approximate surface area is 62.8 Å². The average Bonchev–Trinajstić information content (AvgIpc) is 2.10. The van der Waals surface area contributed by atoms with Gasteiger partial charge < -0.3 is 10.5 Å². The number of carbonyl (C=O) groups excluding carboxylic acids is 1. The van der Waals surface area contributed by atoms with E-state index in [1.54, 1.807) is 0 Å². The van der Waals surface area contributed by atoms with Crippen molar-refractivity contribution in [1.82, 2.24) is 0 Å². The molecule has 0 aromatic rings. The SMILES string of the molecule is C=O.NCC1CCCCC1. The van der Waals surface area contributed by atoms with Gasteiger partial charge in [-0.05, 0) is 25.3 Å². The zero-order valence-electron chi connectivity index (χ0n) is 6.51. The lowest BCUT2D eigenvalue weighted by Crippen LogP contribution is -2.16. The van der Waals surface area contributed by atoms with E-state index in [-0.39, 0.29) is 0 Å². The molecular formula is C8H17NO. The molecule has 0 amide bonds. The lowest BCUT2D eigenvalue weighted by atomic mass is 9.90. The predicted octanol–water partition coefficient (Wildman–Crippen LogP) is 1.34. The topological polar surface area (TPSA) is 43.1 Å². The first kappa shape index (κ1) is 9.63. The first-order valence-corrected chi connectivity index (χ1v) is 3.92. The van der Waals surface area contributed by atoms with Crippen LogP contribution in [0.2, 0.25) is 0 Å². The molecule has 0 bridgehead atoms. The van der Waals surface area contributed by atoms with E-state index in [0.29, 0.717) is 0 Å². The second-order valence-corrected chi connectivity index (χ2v) is 2.74. The summed E-state index contributed by atoms with van der Waals surface area (Å²) in [7, 11) is 0. The normalized spacial score (nSPS) is 19.3. The molecule has 0 unspecified atom stereocenters. The Morgan fingerprint density at radius 2 is 1.70 bits per heavy atom. The van der Waals surface area contributed by atoms with Crippen LogP contribution in [0, 0.1) is 5.92 Å². The molecule has 2 heteroatoms. The van der Waals surface area contributed by atoms with Crippen LogP contribution in [0.1, 0.15) is 32.1 Å². The maximum absolute atomic E-state index is 8.00. The van der Waals surface area contributed by atoms with Gasteiger partial charge in [-0.25, -0.2) is 0 Å². The highest BCUT2D eigenvalue weighted by Gasteiger charge is 2.09. The lowest BCUT2D eigenvalue weighted by molar-refractivity contribution is -0.0979. The number of nitrogens with two attached hydrogens (primary N) is 1. The van der Waals surface area contributed by atoms with Crippen LogP contribution in [0.3, 0.4) is 0 Å². The van der Waals surface area contributed by atoms with E-state index in [1.807, 2.05) is 6.79 Å². The third-order valence-electron chi connectivity index (χ3n) is 2.06. The summed E-state index contributed by atoms with van der Waals surface area (Å²) in [5.74, 6) is 0.865. The van der Waals surface area contributed by atoms with Crippen LogP contribution in [-0.2, 0) is 4.79 Å². The third-order valence-corrected chi connectivity index (χ3v) is 2.06. The van der Waals surface area contributed by atoms with E-state index in [1.165, 1.54) is 32.1 Å². The summed E-state index contributed by atoms with van der Waals surface area (Å²) in [6.07, 6.45) is 7.05. The van der Waals surface area contributed by atoms with Gasteiger partial charge in [0, 0.05) is 0 Å². The minimum atomic E-state index is 0.865. The van der Waals surface area contributed by atoms with Gasteiger partial charge in [-0.1, -0.05) is 19.3 Å². The van der Waals surface area contributed by atoms with Crippen molar-refractivity contribution in [2.75, 3.05) is 6.54 Å². The second-order valence-electron chi connectivity index (χ2n) is 2.74. The summed E-state index contributed by atoms with van der Waals surface area (Å²) < 4.78 is 0. The highest BCUT2D eigenvalue weighted by molar-refractivity contribution is 5.10. The largest absolute Gasteiger partial charge is 0.330 e. The van der Waals surface area contributed by atoms with Crippen molar-refractivity contribution >= 4 is 6.79 Å². The van der Waals surface area contributed by atoms with Crippen molar-refractivity contribution in [3.63, 3.8) is 0 Å². The fourth-order valence-corrected chi connectivity index (χ4v) is 1.42. The van der Waals surface area contributed by atoms with Crippen molar-refractivity contribution in [3.05, 3.63) is 0 Å². The fraction of sp³-hybridized carbons (Fsp3) is 0.875. The van der Waals surface area contributed by atoms with Crippen molar-refractivity contribution < 1.29 is 4.79 Å². The Bertz CT molecular complexity index is 69.7. The van der Waals surface area contributed by atoms with Crippen LogP contribution in [0.15, 0.2) is 0 Å². The maximum Gasteiger partial charge on any atom is 0.106 e. The Morgan fingerprint density at radius 3 is 2.00 bits per heavy atom. The minimum absolute atomic E-state index is 0.865. The van der Waals surface area contributed by atoms with Crippen LogP contribution >= 0.6 is 0 Å². The van der Waals surface area contributed by atoms with Crippen LogP contribution in [0.5, 0.6) is 0 Å². The molecule has 0 spiro atoms. The van der Waals surface area contributed by atoms with Crippen LogP contribution in [0.4, 0.5) is 0 Å². The van der Waals surface area contributed by atoms with Crippen LogP contribution < -0.4 is 5.73 Å². The summed E-state index contributed by atoms with van der Waals surface area (Å²) in [5, 5.41) is 0. The molecule has 10 heavy (non-hydrogen) atoms. The molecule has 0 saturated heterocycles. The molecule has 1 aliphatic carbocycles. The van der Waals surface area contributed by atoms with Crippen molar-refractivity contribution in [2.24, 2.45) is 11.7 Å². The number of rotatable bonds is 1. The molecule has 0 aromatic heterocycles. The molecule has 0 aromatic carbocycles. The second kappa shape index (κ2) is 6.75. The Kier molecular flexibility index (Phi) is 6.50. The first-order valence-electron chi connectivity index (χ1n) is 3.92. The summed E-state index contributed by atoms with van der Waals surface area (Å²) in [5.41, 5.74) is 5.50. The highest BCUT2D eigenvalue weighted by atomic mass is 16.1. The third kappa shape index (κ3) is 3.62. The minimum Gasteiger partial charge on any atom is -0.330 e. The molecule has 1 rings (SSSR count). The van der Waals surface area contributed by atoms with Gasteiger partial charge in [-0.3, -0.25) is 0 Å². The molecule has 0 heterocycles. The smallest absolute Gasteiger partial charge is 0.106 e. The monoisotopic (exact) mass is 143 g/mol. The molecular weight excluding hydrogens is 126 g/mol. The van der Waals surface area contributed by atoms with E-state index < -0.39 is 0 Å². The van der Waals surface area contributed by atoms with Gasteiger partial charge in [0.25, 0.3) is 0 Å². The van der Waals surface area contributed by atoms with Gasteiger partial charge in [0.05, 0.1) is 0 Å². The molecule has 1 fully saturated rings. The first-order chi connectivity index (χ1) is 4.93. The van der Waals surface area contributed by atoms with E-state index in [4.69, 9.17) is 10.5 Å². The van der Waals surface area contributed by atoms with Gasteiger partial charge in [-0.15, -0.1) is 0 Å². The Hall–Kier alpha value is -0.370. The number of hydrogen-bond donors (Lipinski definition) is 1. The van der Waals surface area contributed by atoms with Crippen molar-refractivity contribution in [2.45, 2.75) is 32.1 Å². The maximum atomic E-state index is 8.00. The zero-order chi connectivity index (χ0) is 7.82. The Balaban J connectivity index is 0.000000371. The quantitative estimate of drug-likeness (QED) is 0.602. The van der Waals surface area contributed by atoms with Crippen molar-refractivity contribution in [1.29, 1.82) is 0 Å². The van der Waals surface area contributed by atoms with Crippen LogP contribution in [0.25, 0.3) is 0 Å². The van der Waals surface area contributed by atoms with Crippen LogP contribution in [-0.4, -0.2) is 13.3 Å². The summed E-state index contributed by atoms with van der Waals surface area (Å²) in [6.45, 7) is 2.92. The molecule has 1 aliphatic rings. The molecule has 0 radical (unpaired) electrons. The molecule has 2 nitrogen and oxygen atoms in total. The van der Waals surface area contributed by atoms with E-state index in [2.05, 4.69) is 0 Å². The lowest BCUT2D eigenvalue weighted by Gasteiger charge is -2.18. The molecule has 1 saturated carbocycles. The van der Waals surface area contributed by atoms with Gasteiger partial charge in [0.2, 0.25) is 0 Å². The average molecular weight is 143 g/mol. The van der Waals surface area contributed by atoms with Gasteiger partial charge in [0.1, 0.15) is 6.79 Å². The summed E-state index contributed by atoms with van der Waals surface area (Å²) in [6, 6.07) is 0. The predicted molar refractivity (Wildman–Crippen MR) is 42.8 cm³/mol.